The van der Waals surface area contributed by atoms with Gasteiger partial charge in [-0.25, -0.2) is 0 Å². The monoisotopic (exact) mass is 174 g/mol. The van der Waals surface area contributed by atoms with Crippen LogP contribution >= 0.6 is 11.6 Å². The van der Waals surface area contributed by atoms with Crippen LogP contribution in [0.4, 0.5) is 0 Å². The number of hydrogen-bond donors (Lipinski definition) is 0. The summed E-state index contributed by atoms with van der Waals surface area (Å²) in [4.78, 5) is 10.6. The fourth-order valence-electron chi connectivity index (χ4n) is 1.99. The molecule has 0 N–H and O–H groups in total. The molecule has 0 unspecified atom stereocenters. The van der Waals surface area contributed by atoms with Crippen LogP contribution in [0.15, 0.2) is 0 Å². The fourth-order valence-corrected chi connectivity index (χ4v) is 2.35. The molecule has 0 aromatic heterocycles. The Bertz CT molecular complexity index is 200. The molecule has 1 saturated heterocycles. The van der Waals surface area contributed by atoms with Gasteiger partial charge in [0.15, 0.2) is 5.78 Å². The Labute approximate surface area is 70.9 Å². The van der Waals surface area contributed by atoms with E-state index in [0.29, 0.717) is 0 Å². The Morgan fingerprint density at radius 3 is 3.09 bits per heavy atom. The first-order chi connectivity index (χ1) is 5.14. The molecule has 0 radical (unpaired) electrons. The molecular formula is C8H11ClO2. The second-order valence-electron chi connectivity index (χ2n) is 3.48. The second kappa shape index (κ2) is 2.20. The standard InChI is InChI=1S/C8H11ClO2/c1-8(9)6(10)5-3-2-4-11-7(5)8/h5,7H,2-4H2,1H3/t5-,7-,8-/m1/s1. The summed E-state index contributed by atoms with van der Waals surface area (Å²) in [5.74, 6) is 0.273. The Balaban J connectivity index is 2.15. The van der Waals surface area contributed by atoms with Crippen molar-refractivity contribution in [2.24, 2.45) is 5.92 Å². The first-order valence-corrected chi connectivity index (χ1v) is 4.36. The van der Waals surface area contributed by atoms with Crippen molar-refractivity contribution < 1.29 is 9.53 Å². The van der Waals surface area contributed by atoms with Crippen LogP contribution in [0.3, 0.4) is 0 Å². The zero-order valence-corrected chi connectivity index (χ0v) is 7.23. The SMILES string of the molecule is C[C@@]1(Cl)C(=O)[C@H]2CCCO[C@H]21. The molecule has 2 aliphatic rings. The van der Waals surface area contributed by atoms with Gasteiger partial charge in [-0.3, -0.25) is 4.79 Å². The van der Waals surface area contributed by atoms with Gasteiger partial charge in [0.25, 0.3) is 0 Å². The lowest BCUT2D eigenvalue weighted by Crippen LogP contribution is -2.64. The maximum Gasteiger partial charge on any atom is 0.161 e. The molecule has 1 saturated carbocycles. The number of ketones is 1. The molecule has 62 valence electrons. The van der Waals surface area contributed by atoms with Crippen molar-refractivity contribution in [3.63, 3.8) is 0 Å². The molecule has 3 atom stereocenters. The summed E-state index contributed by atoms with van der Waals surface area (Å²) in [6, 6.07) is 0. The maximum absolute atomic E-state index is 11.3. The Morgan fingerprint density at radius 2 is 2.45 bits per heavy atom. The van der Waals surface area contributed by atoms with E-state index < -0.39 is 4.87 Å². The number of fused-ring (bicyclic) bond motifs is 1. The topological polar surface area (TPSA) is 26.3 Å². The van der Waals surface area contributed by atoms with E-state index in [1.165, 1.54) is 0 Å². The van der Waals surface area contributed by atoms with Gasteiger partial charge >= 0.3 is 0 Å². The van der Waals surface area contributed by atoms with Gasteiger partial charge in [-0.1, -0.05) is 0 Å². The zero-order valence-electron chi connectivity index (χ0n) is 6.47. The molecule has 1 heterocycles. The normalized spacial score (nSPS) is 49.8. The Kier molecular flexibility index (Phi) is 1.52. The third-order valence-electron chi connectivity index (χ3n) is 2.68. The number of alkyl halides is 1. The molecule has 2 rings (SSSR count). The van der Waals surface area contributed by atoms with Crippen molar-refractivity contribution in [3.05, 3.63) is 0 Å². The molecule has 3 heteroatoms. The molecular weight excluding hydrogens is 164 g/mol. The second-order valence-corrected chi connectivity index (χ2v) is 4.27. The Hall–Kier alpha value is -0.0800. The summed E-state index contributed by atoms with van der Waals surface area (Å²) in [6.45, 7) is 2.51. The molecule has 1 aliphatic carbocycles. The molecule has 2 nitrogen and oxygen atoms in total. The predicted octanol–water partition coefficient (Wildman–Crippen LogP) is 1.36. The van der Waals surface area contributed by atoms with Crippen LogP contribution in [-0.4, -0.2) is 23.4 Å². The number of hydrogen-bond acceptors (Lipinski definition) is 2. The summed E-state index contributed by atoms with van der Waals surface area (Å²) in [6.07, 6.45) is 1.96. The van der Waals surface area contributed by atoms with Crippen LogP contribution in [-0.2, 0) is 9.53 Å². The van der Waals surface area contributed by atoms with Crippen LogP contribution in [0.2, 0.25) is 0 Å². The van der Waals surface area contributed by atoms with Gasteiger partial charge in [-0.05, 0) is 19.8 Å². The van der Waals surface area contributed by atoms with Crippen molar-refractivity contribution in [1.82, 2.24) is 0 Å². The summed E-state index contributed by atoms with van der Waals surface area (Å²) in [5, 5.41) is 0. The predicted molar refractivity (Wildman–Crippen MR) is 41.7 cm³/mol. The summed E-state index contributed by atoms with van der Waals surface area (Å²) in [5.41, 5.74) is 0. The summed E-state index contributed by atoms with van der Waals surface area (Å²) >= 11 is 5.95. The van der Waals surface area contributed by atoms with Crippen molar-refractivity contribution in [2.45, 2.75) is 30.7 Å². The number of carbonyl (C=O) groups is 1. The minimum atomic E-state index is -0.717. The van der Waals surface area contributed by atoms with Gasteiger partial charge < -0.3 is 4.74 Å². The van der Waals surface area contributed by atoms with Crippen molar-refractivity contribution in [2.75, 3.05) is 6.61 Å². The fraction of sp³-hybridized carbons (Fsp3) is 0.875. The van der Waals surface area contributed by atoms with E-state index in [1.54, 1.807) is 6.92 Å². The number of carbonyl (C=O) groups excluding carboxylic acids is 1. The van der Waals surface area contributed by atoms with Gasteiger partial charge in [-0.2, -0.15) is 0 Å². The van der Waals surface area contributed by atoms with E-state index in [9.17, 15) is 4.79 Å². The summed E-state index contributed by atoms with van der Waals surface area (Å²) in [7, 11) is 0. The zero-order chi connectivity index (χ0) is 8.06. The van der Waals surface area contributed by atoms with Crippen molar-refractivity contribution >= 4 is 17.4 Å². The van der Waals surface area contributed by atoms with E-state index >= 15 is 0 Å². The number of rotatable bonds is 0. The average Bonchev–Trinajstić information content (AvgIpc) is 2.04. The minimum Gasteiger partial charge on any atom is -0.375 e. The molecule has 0 aromatic carbocycles. The molecule has 2 fully saturated rings. The quantitative estimate of drug-likeness (QED) is 0.519. The van der Waals surface area contributed by atoms with Gasteiger partial charge in [0.2, 0.25) is 0 Å². The smallest absolute Gasteiger partial charge is 0.161 e. The third kappa shape index (κ3) is 0.859. The van der Waals surface area contributed by atoms with E-state index in [-0.39, 0.29) is 17.8 Å². The molecule has 0 amide bonds. The van der Waals surface area contributed by atoms with Gasteiger partial charge in [0, 0.05) is 12.5 Å². The number of ether oxygens (including phenoxy) is 1. The Morgan fingerprint density at radius 1 is 1.73 bits per heavy atom. The van der Waals surface area contributed by atoms with Crippen LogP contribution < -0.4 is 0 Å². The highest BCUT2D eigenvalue weighted by Crippen LogP contribution is 2.45. The highest BCUT2D eigenvalue weighted by Gasteiger charge is 2.59. The molecule has 11 heavy (non-hydrogen) atoms. The van der Waals surface area contributed by atoms with Crippen LogP contribution in [0.25, 0.3) is 0 Å². The van der Waals surface area contributed by atoms with Crippen LogP contribution in [0.1, 0.15) is 19.8 Å². The van der Waals surface area contributed by atoms with E-state index in [2.05, 4.69) is 0 Å². The van der Waals surface area contributed by atoms with Crippen molar-refractivity contribution in [1.29, 1.82) is 0 Å². The average molecular weight is 175 g/mol. The first-order valence-electron chi connectivity index (χ1n) is 3.99. The molecule has 0 aromatic rings. The lowest BCUT2D eigenvalue weighted by atomic mass is 9.67. The van der Waals surface area contributed by atoms with E-state index in [0.717, 1.165) is 19.4 Å². The van der Waals surface area contributed by atoms with Gasteiger partial charge in [-0.15, -0.1) is 11.6 Å². The van der Waals surface area contributed by atoms with E-state index in [1.807, 2.05) is 0 Å². The maximum atomic E-state index is 11.3. The highest BCUT2D eigenvalue weighted by molar-refractivity contribution is 6.38. The molecule has 1 aliphatic heterocycles. The minimum absolute atomic E-state index is 0.00887. The lowest BCUT2D eigenvalue weighted by Gasteiger charge is -2.49. The number of halogens is 1. The number of Topliss-reactive ketones (excluding diaryl/α,β-unsaturated/α-hetero) is 1. The van der Waals surface area contributed by atoms with Gasteiger partial charge in [0.05, 0.1) is 6.10 Å². The third-order valence-corrected chi connectivity index (χ3v) is 3.08. The lowest BCUT2D eigenvalue weighted by molar-refractivity contribution is -0.160. The van der Waals surface area contributed by atoms with Crippen LogP contribution in [0, 0.1) is 5.92 Å². The molecule has 0 bridgehead atoms. The highest BCUT2D eigenvalue weighted by atomic mass is 35.5. The first kappa shape index (κ1) is 7.56. The van der Waals surface area contributed by atoms with Gasteiger partial charge in [0.1, 0.15) is 4.87 Å². The van der Waals surface area contributed by atoms with Crippen LogP contribution in [0.5, 0.6) is 0 Å². The van der Waals surface area contributed by atoms with Crippen molar-refractivity contribution in [3.8, 4) is 0 Å². The molecule has 0 spiro atoms. The van der Waals surface area contributed by atoms with E-state index in [4.69, 9.17) is 16.3 Å². The largest absolute Gasteiger partial charge is 0.375 e. The summed E-state index contributed by atoms with van der Waals surface area (Å²) < 4.78 is 5.41.